The van der Waals surface area contributed by atoms with Crippen molar-refractivity contribution in [2.45, 2.75) is 57.2 Å². The highest BCUT2D eigenvalue weighted by atomic mass is 79.9. The number of nitrogens with one attached hydrogen (secondary N) is 1. The van der Waals surface area contributed by atoms with Gasteiger partial charge < -0.3 is 10.2 Å². The van der Waals surface area contributed by atoms with Crippen LogP contribution in [0, 0.1) is 5.92 Å². The van der Waals surface area contributed by atoms with Crippen molar-refractivity contribution in [1.29, 1.82) is 0 Å². The zero-order chi connectivity index (χ0) is 15.1. The highest BCUT2D eigenvalue weighted by molar-refractivity contribution is 9.10. The number of hydrogen-bond acceptors (Lipinski definition) is 2. The SMILES string of the molecule is O=C(C1CC2CCCCC2N1)N1CCc2c(Br)cccc2C1. The Bertz CT molecular complexity index is 574. The average molecular weight is 363 g/mol. The molecule has 4 heteroatoms. The van der Waals surface area contributed by atoms with Gasteiger partial charge in [-0.05, 0) is 48.8 Å². The van der Waals surface area contributed by atoms with E-state index < -0.39 is 0 Å². The van der Waals surface area contributed by atoms with Crippen molar-refractivity contribution in [3.05, 3.63) is 33.8 Å². The van der Waals surface area contributed by atoms with Gasteiger partial charge in [0.2, 0.25) is 5.91 Å². The fraction of sp³-hybridized carbons (Fsp3) is 0.611. The molecule has 0 aromatic heterocycles. The van der Waals surface area contributed by atoms with E-state index in [0.717, 1.165) is 31.8 Å². The number of carbonyl (C=O) groups is 1. The molecule has 3 aliphatic rings. The normalized spacial score (nSPS) is 30.8. The van der Waals surface area contributed by atoms with Gasteiger partial charge in [0.25, 0.3) is 0 Å². The van der Waals surface area contributed by atoms with Gasteiger partial charge in [0.15, 0.2) is 0 Å². The second-order valence-corrected chi connectivity index (χ2v) is 7.85. The van der Waals surface area contributed by atoms with Gasteiger partial charge in [0.05, 0.1) is 6.04 Å². The third-order valence-electron chi connectivity index (χ3n) is 5.68. The molecule has 1 N–H and O–H groups in total. The zero-order valence-electron chi connectivity index (χ0n) is 12.9. The van der Waals surface area contributed by atoms with E-state index in [2.05, 4.69) is 44.3 Å². The number of amides is 1. The van der Waals surface area contributed by atoms with E-state index in [0.29, 0.717) is 11.9 Å². The van der Waals surface area contributed by atoms with E-state index in [1.807, 2.05) is 0 Å². The molecule has 1 amide bonds. The van der Waals surface area contributed by atoms with Gasteiger partial charge in [-0.25, -0.2) is 0 Å². The Balaban J connectivity index is 1.46. The van der Waals surface area contributed by atoms with Gasteiger partial charge in [-0.2, -0.15) is 0 Å². The Labute approximate surface area is 140 Å². The second kappa shape index (κ2) is 5.97. The van der Waals surface area contributed by atoms with Crippen molar-refractivity contribution in [1.82, 2.24) is 10.2 Å². The summed E-state index contributed by atoms with van der Waals surface area (Å²) >= 11 is 3.63. The molecule has 1 saturated heterocycles. The lowest BCUT2D eigenvalue weighted by Crippen LogP contribution is -2.47. The summed E-state index contributed by atoms with van der Waals surface area (Å²) < 4.78 is 1.18. The predicted octanol–water partition coefficient (Wildman–Crippen LogP) is 3.25. The lowest BCUT2D eigenvalue weighted by Gasteiger charge is -2.31. The van der Waals surface area contributed by atoms with E-state index in [1.54, 1.807) is 0 Å². The Morgan fingerprint density at radius 3 is 3.00 bits per heavy atom. The van der Waals surface area contributed by atoms with Crippen LogP contribution in [-0.2, 0) is 17.8 Å². The number of fused-ring (bicyclic) bond motifs is 2. The highest BCUT2D eigenvalue weighted by Gasteiger charge is 2.40. The summed E-state index contributed by atoms with van der Waals surface area (Å²) in [6.07, 6.45) is 7.23. The fourth-order valence-electron chi connectivity index (χ4n) is 4.48. The first-order valence-corrected chi connectivity index (χ1v) is 9.33. The number of carbonyl (C=O) groups excluding carboxylic acids is 1. The molecule has 3 unspecified atom stereocenters. The Morgan fingerprint density at radius 2 is 2.14 bits per heavy atom. The van der Waals surface area contributed by atoms with Gasteiger partial charge in [-0.1, -0.05) is 40.9 Å². The molecule has 118 valence electrons. The molecule has 22 heavy (non-hydrogen) atoms. The first-order valence-electron chi connectivity index (χ1n) is 8.53. The van der Waals surface area contributed by atoms with Crippen molar-refractivity contribution in [3.63, 3.8) is 0 Å². The summed E-state index contributed by atoms with van der Waals surface area (Å²) in [5.74, 6) is 1.05. The summed E-state index contributed by atoms with van der Waals surface area (Å²) in [6.45, 7) is 1.61. The van der Waals surface area contributed by atoms with Crippen LogP contribution in [0.4, 0.5) is 0 Å². The van der Waals surface area contributed by atoms with Crippen LogP contribution in [-0.4, -0.2) is 29.4 Å². The fourth-order valence-corrected chi connectivity index (χ4v) is 5.09. The molecular weight excluding hydrogens is 340 g/mol. The molecule has 0 radical (unpaired) electrons. The molecule has 2 fully saturated rings. The Morgan fingerprint density at radius 1 is 1.27 bits per heavy atom. The topological polar surface area (TPSA) is 32.3 Å². The molecule has 0 spiro atoms. The second-order valence-electron chi connectivity index (χ2n) is 6.99. The van der Waals surface area contributed by atoms with Crippen molar-refractivity contribution in [2.75, 3.05) is 6.54 Å². The van der Waals surface area contributed by atoms with Crippen molar-refractivity contribution in [3.8, 4) is 0 Å². The van der Waals surface area contributed by atoms with E-state index in [4.69, 9.17) is 0 Å². The average Bonchev–Trinajstić information content (AvgIpc) is 2.98. The molecular formula is C18H23BrN2O. The van der Waals surface area contributed by atoms with E-state index in [1.165, 1.54) is 41.3 Å². The first kappa shape index (κ1) is 14.7. The molecule has 2 heterocycles. The Kier molecular flexibility index (Phi) is 3.99. The molecule has 3 nitrogen and oxygen atoms in total. The molecule has 3 atom stereocenters. The first-order chi connectivity index (χ1) is 10.7. The molecule has 2 aliphatic heterocycles. The lowest BCUT2D eigenvalue weighted by atomic mass is 9.85. The largest absolute Gasteiger partial charge is 0.337 e. The molecule has 1 aromatic rings. The summed E-state index contributed by atoms with van der Waals surface area (Å²) in [5.41, 5.74) is 2.67. The third kappa shape index (κ3) is 2.61. The zero-order valence-corrected chi connectivity index (χ0v) is 14.4. The van der Waals surface area contributed by atoms with Gasteiger partial charge >= 0.3 is 0 Å². The molecule has 1 aliphatic carbocycles. The van der Waals surface area contributed by atoms with Crippen molar-refractivity contribution in [2.24, 2.45) is 5.92 Å². The van der Waals surface area contributed by atoms with Crippen LogP contribution >= 0.6 is 15.9 Å². The van der Waals surface area contributed by atoms with E-state index >= 15 is 0 Å². The van der Waals surface area contributed by atoms with Crippen LogP contribution in [0.2, 0.25) is 0 Å². The van der Waals surface area contributed by atoms with Gasteiger partial charge in [0, 0.05) is 23.6 Å². The minimum atomic E-state index is 0.0572. The van der Waals surface area contributed by atoms with Crippen LogP contribution < -0.4 is 5.32 Å². The predicted molar refractivity (Wildman–Crippen MR) is 90.5 cm³/mol. The number of rotatable bonds is 1. The highest BCUT2D eigenvalue weighted by Crippen LogP contribution is 2.34. The van der Waals surface area contributed by atoms with Crippen LogP contribution in [0.15, 0.2) is 22.7 Å². The van der Waals surface area contributed by atoms with Gasteiger partial charge in [0.1, 0.15) is 0 Å². The third-order valence-corrected chi connectivity index (χ3v) is 6.42. The maximum absolute atomic E-state index is 12.9. The quantitative estimate of drug-likeness (QED) is 0.831. The summed E-state index contributed by atoms with van der Waals surface area (Å²) in [4.78, 5) is 14.9. The summed E-state index contributed by atoms with van der Waals surface area (Å²) in [6, 6.07) is 6.97. The lowest BCUT2D eigenvalue weighted by molar-refractivity contribution is -0.134. The summed E-state index contributed by atoms with van der Waals surface area (Å²) in [5, 5.41) is 3.62. The molecule has 4 rings (SSSR count). The minimum absolute atomic E-state index is 0.0572. The van der Waals surface area contributed by atoms with Crippen LogP contribution in [0.25, 0.3) is 0 Å². The Hall–Kier alpha value is -0.870. The van der Waals surface area contributed by atoms with Crippen LogP contribution in [0.5, 0.6) is 0 Å². The van der Waals surface area contributed by atoms with E-state index in [-0.39, 0.29) is 6.04 Å². The van der Waals surface area contributed by atoms with Gasteiger partial charge in [-0.15, -0.1) is 0 Å². The maximum atomic E-state index is 12.9. The standard InChI is InChI=1S/C18H23BrN2O/c19-15-6-3-5-13-11-21(9-8-14(13)15)18(22)17-10-12-4-1-2-7-16(12)20-17/h3,5-6,12,16-17,20H,1-2,4,7-11H2. The molecule has 1 aromatic carbocycles. The van der Waals surface area contributed by atoms with Crippen LogP contribution in [0.1, 0.15) is 43.2 Å². The minimum Gasteiger partial charge on any atom is -0.337 e. The number of nitrogens with zero attached hydrogens (tertiary/aromatic N) is 1. The number of benzene rings is 1. The molecule has 0 bridgehead atoms. The van der Waals surface area contributed by atoms with Crippen molar-refractivity contribution >= 4 is 21.8 Å². The van der Waals surface area contributed by atoms with Crippen molar-refractivity contribution < 1.29 is 4.79 Å². The maximum Gasteiger partial charge on any atom is 0.240 e. The number of halogens is 1. The smallest absolute Gasteiger partial charge is 0.240 e. The van der Waals surface area contributed by atoms with Gasteiger partial charge in [-0.3, -0.25) is 4.79 Å². The molecule has 1 saturated carbocycles. The van der Waals surface area contributed by atoms with Crippen LogP contribution in [0.3, 0.4) is 0 Å². The van der Waals surface area contributed by atoms with E-state index in [9.17, 15) is 4.79 Å². The summed E-state index contributed by atoms with van der Waals surface area (Å²) in [7, 11) is 0. The monoisotopic (exact) mass is 362 g/mol. The number of hydrogen-bond donors (Lipinski definition) is 1.